The monoisotopic (exact) mass is 327 g/mol. The standard InChI is InChI=1S/C15H21NO5S/c17-14(18)13(7-12-3-6-21-9-12)16-22(19,20)10-15-4-1-11(8-15)2-5-15/h3,6,9,11,13,16H,1-2,4-5,7-8,10H2,(H,17,18). The maximum atomic E-state index is 12.4. The molecule has 2 aliphatic rings. The van der Waals surface area contributed by atoms with E-state index in [1.165, 1.54) is 12.5 Å². The van der Waals surface area contributed by atoms with Gasteiger partial charge in [-0.15, -0.1) is 0 Å². The van der Waals surface area contributed by atoms with Crippen LogP contribution >= 0.6 is 0 Å². The van der Waals surface area contributed by atoms with Crippen molar-refractivity contribution >= 4 is 16.0 Å². The normalized spacial score (nSPS) is 28.8. The molecule has 0 aliphatic heterocycles. The highest BCUT2D eigenvalue weighted by molar-refractivity contribution is 7.89. The van der Waals surface area contributed by atoms with Crippen molar-refractivity contribution in [3.8, 4) is 0 Å². The maximum Gasteiger partial charge on any atom is 0.322 e. The van der Waals surface area contributed by atoms with Gasteiger partial charge in [-0.2, -0.15) is 0 Å². The van der Waals surface area contributed by atoms with Crippen LogP contribution in [0, 0.1) is 11.3 Å². The fourth-order valence-corrected chi connectivity index (χ4v) is 5.91. The summed E-state index contributed by atoms with van der Waals surface area (Å²) in [5, 5.41) is 9.27. The average molecular weight is 327 g/mol. The smallest absolute Gasteiger partial charge is 0.322 e. The fourth-order valence-electron chi connectivity index (χ4n) is 4.00. The van der Waals surface area contributed by atoms with Crippen LogP contribution in [0.15, 0.2) is 23.0 Å². The van der Waals surface area contributed by atoms with Crippen LogP contribution in [-0.4, -0.2) is 31.3 Å². The van der Waals surface area contributed by atoms with Crippen LogP contribution in [0.4, 0.5) is 0 Å². The van der Waals surface area contributed by atoms with Crippen molar-refractivity contribution in [2.24, 2.45) is 11.3 Å². The second-order valence-corrected chi connectivity index (χ2v) is 8.50. The first kappa shape index (κ1) is 15.6. The minimum absolute atomic E-state index is 0.0473. The van der Waals surface area contributed by atoms with Gasteiger partial charge in [0.15, 0.2) is 0 Å². The summed E-state index contributed by atoms with van der Waals surface area (Å²) in [6.07, 6.45) is 8.02. The Morgan fingerprint density at radius 1 is 1.45 bits per heavy atom. The molecule has 1 aromatic heterocycles. The lowest BCUT2D eigenvalue weighted by molar-refractivity contribution is -0.138. The molecule has 3 rings (SSSR count). The Labute approximate surface area is 129 Å². The molecule has 22 heavy (non-hydrogen) atoms. The topological polar surface area (TPSA) is 96.6 Å². The van der Waals surface area contributed by atoms with Gasteiger partial charge in [0.2, 0.25) is 10.0 Å². The van der Waals surface area contributed by atoms with Crippen LogP contribution < -0.4 is 4.72 Å². The molecule has 1 atom stereocenters. The van der Waals surface area contributed by atoms with Gasteiger partial charge in [0.05, 0.1) is 18.3 Å². The number of sulfonamides is 1. The first-order valence-electron chi connectivity index (χ1n) is 7.61. The molecule has 2 bridgehead atoms. The highest BCUT2D eigenvalue weighted by Crippen LogP contribution is 2.54. The number of fused-ring (bicyclic) bond motifs is 2. The predicted molar refractivity (Wildman–Crippen MR) is 79.8 cm³/mol. The van der Waals surface area contributed by atoms with E-state index in [9.17, 15) is 18.3 Å². The molecule has 0 aromatic carbocycles. The molecule has 7 heteroatoms. The summed E-state index contributed by atoms with van der Waals surface area (Å²) in [4.78, 5) is 11.3. The number of carboxylic acid groups (broad SMARTS) is 1. The quantitative estimate of drug-likeness (QED) is 0.795. The van der Waals surface area contributed by atoms with Gasteiger partial charge in [0.1, 0.15) is 6.04 Å². The molecule has 1 heterocycles. The lowest BCUT2D eigenvalue weighted by Crippen LogP contribution is -2.45. The molecule has 1 aromatic rings. The van der Waals surface area contributed by atoms with E-state index >= 15 is 0 Å². The predicted octanol–water partition coefficient (Wildman–Crippen LogP) is 1.77. The summed E-state index contributed by atoms with van der Waals surface area (Å²) in [6.45, 7) is 0. The van der Waals surface area contributed by atoms with Crippen molar-refractivity contribution < 1.29 is 22.7 Å². The Hall–Kier alpha value is -1.34. The van der Waals surface area contributed by atoms with E-state index in [0.717, 1.165) is 32.1 Å². The summed E-state index contributed by atoms with van der Waals surface area (Å²) in [5.41, 5.74) is 0.532. The molecule has 0 saturated heterocycles. The molecule has 0 spiro atoms. The number of carboxylic acids is 1. The summed E-state index contributed by atoms with van der Waals surface area (Å²) in [5.74, 6) is -0.458. The third-order valence-corrected chi connectivity index (χ3v) is 6.66. The number of rotatable bonds is 7. The van der Waals surface area contributed by atoms with Gasteiger partial charge in [-0.3, -0.25) is 4.79 Å². The number of hydrogen-bond donors (Lipinski definition) is 2. The minimum atomic E-state index is -3.62. The molecule has 2 saturated carbocycles. The van der Waals surface area contributed by atoms with Crippen LogP contribution in [-0.2, 0) is 21.2 Å². The number of hydrogen-bond acceptors (Lipinski definition) is 4. The van der Waals surface area contributed by atoms with Gasteiger partial charge in [-0.25, -0.2) is 13.1 Å². The van der Waals surface area contributed by atoms with Gasteiger partial charge < -0.3 is 9.52 Å². The van der Waals surface area contributed by atoms with E-state index in [1.54, 1.807) is 6.07 Å². The molecule has 122 valence electrons. The Kier molecular flexibility index (Phi) is 4.03. The second-order valence-electron chi connectivity index (χ2n) is 6.75. The Bertz CT molecular complexity index is 629. The lowest BCUT2D eigenvalue weighted by Gasteiger charge is -2.27. The zero-order valence-electron chi connectivity index (χ0n) is 12.3. The van der Waals surface area contributed by atoms with Crippen LogP contribution in [0.5, 0.6) is 0 Å². The zero-order valence-corrected chi connectivity index (χ0v) is 13.1. The van der Waals surface area contributed by atoms with Crippen LogP contribution in [0.25, 0.3) is 0 Å². The van der Waals surface area contributed by atoms with E-state index in [2.05, 4.69) is 4.72 Å². The molecule has 2 fully saturated rings. The third kappa shape index (κ3) is 3.35. The molecule has 0 amide bonds. The molecule has 2 N–H and O–H groups in total. The maximum absolute atomic E-state index is 12.4. The SMILES string of the molecule is O=C(O)C(Cc1ccoc1)NS(=O)(=O)CC12CCC(CC1)C2. The molecule has 0 radical (unpaired) electrons. The van der Waals surface area contributed by atoms with Gasteiger partial charge in [0, 0.05) is 6.42 Å². The Balaban J connectivity index is 1.67. The summed E-state index contributed by atoms with van der Waals surface area (Å²) in [6, 6.07) is 0.485. The number of aliphatic carboxylic acids is 1. The Morgan fingerprint density at radius 3 is 2.68 bits per heavy atom. The van der Waals surface area contributed by atoms with Crippen molar-refractivity contribution in [1.29, 1.82) is 0 Å². The molecule has 1 unspecified atom stereocenters. The highest BCUT2D eigenvalue weighted by atomic mass is 32.2. The van der Waals surface area contributed by atoms with Gasteiger partial charge in [0.25, 0.3) is 0 Å². The number of nitrogens with one attached hydrogen (secondary N) is 1. The van der Waals surface area contributed by atoms with E-state index in [0.29, 0.717) is 11.5 Å². The summed E-state index contributed by atoms with van der Waals surface area (Å²) in [7, 11) is -3.62. The van der Waals surface area contributed by atoms with Crippen LogP contribution in [0.2, 0.25) is 0 Å². The van der Waals surface area contributed by atoms with Crippen LogP contribution in [0.1, 0.15) is 37.7 Å². The van der Waals surface area contributed by atoms with Crippen molar-refractivity contribution in [2.45, 2.75) is 44.6 Å². The van der Waals surface area contributed by atoms with Crippen molar-refractivity contribution in [3.05, 3.63) is 24.2 Å². The fraction of sp³-hybridized carbons (Fsp3) is 0.667. The second kappa shape index (κ2) is 5.70. The first-order valence-corrected chi connectivity index (χ1v) is 9.27. The van der Waals surface area contributed by atoms with E-state index in [1.807, 2.05) is 0 Å². The third-order valence-electron chi connectivity index (χ3n) is 5.02. The first-order chi connectivity index (χ1) is 10.4. The average Bonchev–Trinajstić information content (AvgIpc) is 3.13. The van der Waals surface area contributed by atoms with Crippen molar-refractivity contribution in [1.82, 2.24) is 4.72 Å². The molecular weight excluding hydrogens is 306 g/mol. The Morgan fingerprint density at radius 2 is 2.18 bits per heavy atom. The summed E-state index contributed by atoms with van der Waals surface area (Å²) >= 11 is 0. The van der Waals surface area contributed by atoms with Gasteiger partial charge >= 0.3 is 5.97 Å². The van der Waals surface area contributed by atoms with Crippen LogP contribution in [0.3, 0.4) is 0 Å². The number of furan rings is 1. The van der Waals surface area contributed by atoms with Gasteiger partial charge in [-0.05, 0) is 55.1 Å². The highest BCUT2D eigenvalue weighted by Gasteiger charge is 2.47. The largest absolute Gasteiger partial charge is 0.480 e. The van der Waals surface area contributed by atoms with E-state index < -0.39 is 22.0 Å². The molecule has 2 aliphatic carbocycles. The summed E-state index contributed by atoms with van der Waals surface area (Å²) < 4.78 is 32.1. The molecular formula is C15H21NO5S. The van der Waals surface area contributed by atoms with E-state index in [-0.39, 0.29) is 17.6 Å². The zero-order chi connectivity index (χ0) is 15.8. The molecule has 6 nitrogen and oxygen atoms in total. The van der Waals surface area contributed by atoms with Crippen molar-refractivity contribution in [2.75, 3.05) is 5.75 Å². The van der Waals surface area contributed by atoms with Crippen molar-refractivity contribution in [3.63, 3.8) is 0 Å². The number of carbonyl (C=O) groups is 1. The van der Waals surface area contributed by atoms with Gasteiger partial charge in [-0.1, -0.05) is 0 Å². The minimum Gasteiger partial charge on any atom is -0.480 e. The lowest BCUT2D eigenvalue weighted by atomic mass is 9.87. The van der Waals surface area contributed by atoms with E-state index in [4.69, 9.17) is 4.42 Å².